The van der Waals surface area contributed by atoms with Gasteiger partial charge in [0.05, 0.1) is 6.61 Å². The van der Waals surface area contributed by atoms with Crippen molar-refractivity contribution in [2.45, 2.75) is 12.8 Å². The first-order chi connectivity index (χ1) is 7.34. The van der Waals surface area contributed by atoms with Crippen LogP contribution in [0.15, 0.2) is 18.3 Å². The minimum absolute atomic E-state index is 0.513. The van der Waals surface area contributed by atoms with E-state index in [4.69, 9.17) is 16.3 Å². The lowest BCUT2D eigenvalue weighted by molar-refractivity contribution is 0.134. The van der Waals surface area contributed by atoms with Gasteiger partial charge in [0, 0.05) is 25.0 Å². The first-order valence-electron chi connectivity index (χ1n) is 5.28. The van der Waals surface area contributed by atoms with E-state index in [1.807, 2.05) is 12.1 Å². The molecule has 0 atom stereocenters. The van der Waals surface area contributed by atoms with Crippen molar-refractivity contribution in [1.82, 2.24) is 4.98 Å². The zero-order valence-corrected chi connectivity index (χ0v) is 9.33. The van der Waals surface area contributed by atoms with Gasteiger partial charge in [0.25, 0.3) is 0 Å². The van der Waals surface area contributed by atoms with Gasteiger partial charge in [0.1, 0.15) is 5.15 Å². The second kappa shape index (κ2) is 5.33. The Bertz CT molecular complexity index is 315. The molecule has 1 saturated carbocycles. The number of anilines is 1. The number of halogens is 1. The van der Waals surface area contributed by atoms with Crippen molar-refractivity contribution < 1.29 is 4.74 Å². The van der Waals surface area contributed by atoms with Crippen LogP contribution in [0.3, 0.4) is 0 Å². The lowest BCUT2D eigenvalue weighted by atomic mass is 10.4. The van der Waals surface area contributed by atoms with Crippen molar-refractivity contribution in [3.05, 3.63) is 23.5 Å². The lowest BCUT2D eigenvalue weighted by Gasteiger charge is -2.06. The fourth-order valence-electron chi connectivity index (χ4n) is 1.31. The van der Waals surface area contributed by atoms with E-state index in [0.717, 1.165) is 31.4 Å². The maximum Gasteiger partial charge on any atom is 0.131 e. The standard InChI is InChI=1S/C11H15ClN2O/c12-11-7-10(3-4-14-11)13-5-6-15-8-9-1-2-9/h3-4,7,9H,1-2,5-6,8H2,(H,13,14). The Hall–Kier alpha value is -0.800. The summed E-state index contributed by atoms with van der Waals surface area (Å²) < 4.78 is 5.50. The number of aromatic nitrogens is 1. The summed E-state index contributed by atoms with van der Waals surface area (Å²) in [6.45, 7) is 2.47. The summed E-state index contributed by atoms with van der Waals surface area (Å²) in [5.74, 6) is 0.834. The van der Waals surface area contributed by atoms with E-state index < -0.39 is 0 Å². The Labute approximate surface area is 94.8 Å². The molecule has 0 aromatic carbocycles. The molecule has 0 aliphatic heterocycles. The number of nitrogens with one attached hydrogen (secondary N) is 1. The zero-order valence-electron chi connectivity index (χ0n) is 8.58. The van der Waals surface area contributed by atoms with E-state index in [-0.39, 0.29) is 0 Å². The summed E-state index contributed by atoms with van der Waals surface area (Å²) in [5.41, 5.74) is 0.991. The van der Waals surface area contributed by atoms with E-state index in [1.54, 1.807) is 6.20 Å². The molecule has 0 radical (unpaired) electrons. The molecule has 1 heterocycles. The van der Waals surface area contributed by atoms with Crippen LogP contribution >= 0.6 is 11.6 Å². The van der Waals surface area contributed by atoms with Gasteiger partial charge in [-0.2, -0.15) is 0 Å². The van der Waals surface area contributed by atoms with Crippen LogP contribution in [0.5, 0.6) is 0 Å². The highest BCUT2D eigenvalue weighted by Gasteiger charge is 2.20. The monoisotopic (exact) mass is 226 g/mol. The summed E-state index contributed by atoms with van der Waals surface area (Å²) in [4.78, 5) is 3.91. The third kappa shape index (κ3) is 4.06. The van der Waals surface area contributed by atoms with E-state index in [1.165, 1.54) is 12.8 Å². The third-order valence-electron chi connectivity index (χ3n) is 2.35. The first kappa shape index (κ1) is 10.7. The van der Waals surface area contributed by atoms with Crippen LogP contribution in [-0.2, 0) is 4.74 Å². The number of hydrogen-bond donors (Lipinski definition) is 1. The topological polar surface area (TPSA) is 34.1 Å². The molecule has 0 spiro atoms. The molecule has 0 amide bonds. The predicted molar refractivity (Wildman–Crippen MR) is 61.3 cm³/mol. The Morgan fingerprint density at radius 3 is 3.13 bits per heavy atom. The lowest BCUT2D eigenvalue weighted by Crippen LogP contribution is -2.10. The van der Waals surface area contributed by atoms with Gasteiger partial charge in [0.2, 0.25) is 0 Å². The van der Waals surface area contributed by atoms with Crippen molar-refractivity contribution in [1.29, 1.82) is 0 Å². The average molecular weight is 227 g/mol. The van der Waals surface area contributed by atoms with Gasteiger partial charge in [0.15, 0.2) is 0 Å². The van der Waals surface area contributed by atoms with Gasteiger partial charge >= 0.3 is 0 Å². The van der Waals surface area contributed by atoms with Crippen molar-refractivity contribution in [3.8, 4) is 0 Å². The van der Waals surface area contributed by atoms with E-state index in [2.05, 4.69) is 10.3 Å². The molecule has 1 aromatic heterocycles. The van der Waals surface area contributed by atoms with Crippen LogP contribution in [0.2, 0.25) is 5.15 Å². The summed E-state index contributed by atoms with van der Waals surface area (Å²) in [6, 6.07) is 3.70. The van der Waals surface area contributed by atoms with Gasteiger partial charge in [-0.1, -0.05) is 11.6 Å². The molecular weight excluding hydrogens is 212 g/mol. The molecule has 0 saturated heterocycles. The van der Waals surface area contributed by atoms with Crippen LogP contribution in [0.25, 0.3) is 0 Å². The van der Waals surface area contributed by atoms with Crippen molar-refractivity contribution in [3.63, 3.8) is 0 Å². The van der Waals surface area contributed by atoms with E-state index >= 15 is 0 Å². The molecule has 1 aliphatic rings. The maximum absolute atomic E-state index is 5.75. The number of pyridine rings is 1. The number of hydrogen-bond acceptors (Lipinski definition) is 3. The molecule has 15 heavy (non-hydrogen) atoms. The second-order valence-electron chi connectivity index (χ2n) is 3.81. The minimum Gasteiger partial charge on any atom is -0.383 e. The van der Waals surface area contributed by atoms with Crippen LogP contribution in [-0.4, -0.2) is 24.7 Å². The fraction of sp³-hybridized carbons (Fsp3) is 0.545. The highest BCUT2D eigenvalue weighted by molar-refractivity contribution is 6.29. The van der Waals surface area contributed by atoms with Crippen molar-refractivity contribution >= 4 is 17.3 Å². The van der Waals surface area contributed by atoms with Gasteiger partial charge in [-0.25, -0.2) is 4.98 Å². The molecule has 0 bridgehead atoms. The molecule has 82 valence electrons. The molecular formula is C11H15ClN2O. The van der Waals surface area contributed by atoms with Crippen molar-refractivity contribution in [2.75, 3.05) is 25.1 Å². The Morgan fingerprint density at radius 2 is 2.40 bits per heavy atom. The predicted octanol–water partition coefficient (Wildman–Crippen LogP) is 2.57. The Kier molecular flexibility index (Phi) is 3.80. The SMILES string of the molecule is Clc1cc(NCCOCC2CC2)ccn1. The first-order valence-corrected chi connectivity index (χ1v) is 5.65. The fourth-order valence-corrected chi connectivity index (χ4v) is 1.49. The van der Waals surface area contributed by atoms with Crippen LogP contribution in [0.1, 0.15) is 12.8 Å². The molecule has 1 fully saturated rings. The van der Waals surface area contributed by atoms with Gasteiger partial charge < -0.3 is 10.1 Å². The third-order valence-corrected chi connectivity index (χ3v) is 2.56. The Balaban J connectivity index is 1.60. The number of ether oxygens (including phenoxy) is 1. The maximum atomic E-state index is 5.75. The largest absolute Gasteiger partial charge is 0.383 e. The van der Waals surface area contributed by atoms with Crippen LogP contribution < -0.4 is 5.32 Å². The van der Waals surface area contributed by atoms with Gasteiger partial charge in [-0.05, 0) is 30.9 Å². The molecule has 3 nitrogen and oxygen atoms in total. The highest BCUT2D eigenvalue weighted by Crippen LogP contribution is 2.28. The molecule has 4 heteroatoms. The van der Waals surface area contributed by atoms with Gasteiger partial charge in [-0.3, -0.25) is 0 Å². The van der Waals surface area contributed by atoms with Crippen LogP contribution in [0.4, 0.5) is 5.69 Å². The summed E-state index contributed by atoms with van der Waals surface area (Å²) in [7, 11) is 0. The summed E-state index contributed by atoms with van der Waals surface area (Å²) >= 11 is 5.75. The normalized spacial score (nSPS) is 15.3. The highest BCUT2D eigenvalue weighted by atomic mass is 35.5. The van der Waals surface area contributed by atoms with Crippen molar-refractivity contribution in [2.24, 2.45) is 5.92 Å². The quantitative estimate of drug-likeness (QED) is 0.598. The average Bonchev–Trinajstić information content (AvgIpc) is 3.01. The van der Waals surface area contributed by atoms with E-state index in [0.29, 0.717) is 5.15 Å². The Morgan fingerprint density at radius 1 is 1.53 bits per heavy atom. The smallest absolute Gasteiger partial charge is 0.131 e. The molecule has 1 N–H and O–H groups in total. The number of nitrogens with zero attached hydrogens (tertiary/aromatic N) is 1. The zero-order chi connectivity index (χ0) is 10.5. The summed E-state index contributed by atoms with van der Waals surface area (Å²) in [6.07, 6.45) is 4.37. The number of rotatable bonds is 6. The van der Waals surface area contributed by atoms with Gasteiger partial charge in [-0.15, -0.1) is 0 Å². The second-order valence-corrected chi connectivity index (χ2v) is 4.20. The molecule has 1 aliphatic carbocycles. The molecule has 2 rings (SSSR count). The molecule has 0 unspecified atom stereocenters. The molecule has 1 aromatic rings. The minimum atomic E-state index is 0.513. The summed E-state index contributed by atoms with van der Waals surface area (Å²) in [5, 5.41) is 3.74. The van der Waals surface area contributed by atoms with Crippen LogP contribution in [0, 0.1) is 5.92 Å². The van der Waals surface area contributed by atoms with E-state index in [9.17, 15) is 0 Å².